The van der Waals surface area contributed by atoms with Crippen LogP contribution < -0.4 is 10.6 Å². The van der Waals surface area contributed by atoms with Crippen molar-refractivity contribution in [2.24, 2.45) is 0 Å². The molecule has 0 aliphatic rings. The van der Waals surface area contributed by atoms with Crippen molar-refractivity contribution in [3.63, 3.8) is 0 Å². The van der Waals surface area contributed by atoms with Crippen LogP contribution in [0.4, 0.5) is 16.2 Å². The smallest absolute Gasteiger partial charge is 0.339 e. The van der Waals surface area contributed by atoms with Gasteiger partial charge in [0.15, 0.2) is 0 Å². The van der Waals surface area contributed by atoms with Crippen LogP contribution >= 0.6 is 0 Å². The minimum Gasteiger partial charge on any atom is -0.465 e. The van der Waals surface area contributed by atoms with Gasteiger partial charge in [0.25, 0.3) is 0 Å². The molecule has 2 amide bonds. The molecule has 7 heteroatoms. The van der Waals surface area contributed by atoms with Gasteiger partial charge in [-0.15, -0.1) is 0 Å². The first-order valence-corrected chi connectivity index (χ1v) is 6.99. The van der Waals surface area contributed by atoms with E-state index >= 15 is 0 Å². The van der Waals surface area contributed by atoms with Crippen LogP contribution in [0, 0.1) is 0 Å². The number of rotatable bonds is 4. The maximum Gasteiger partial charge on any atom is 0.339 e. The second-order valence-corrected chi connectivity index (χ2v) is 4.69. The molecule has 2 rings (SSSR count). The summed E-state index contributed by atoms with van der Waals surface area (Å²) in [5.41, 5.74) is 1.03. The van der Waals surface area contributed by atoms with Gasteiger partial charge in [-0.1, -0.05) is 18.2 Å². The number of ether oxygens (including phenoxy) is 2. The number of hydrogen-bond donors (Lipinski definition) is 2. The molecule has 0 bridgehead atoms. The van der Waals surface area contributed by atoms with Gasteiger partial charge in [0.2, 0.25) is 0 Å². The Morgan fingerprint density at radius 3 is 2.12 bits per heavy atom. The largest absolute Gasteiger partial charge is 0.465 e. The number of benzene rings is 2. The summed E-state index contributed by atoms with van der Waals surface area (Å²) in [7, 11) is 2.47. The summed E-state index contributed by atoms with van der Waals surface area (Å²) in [5, 5.41) is 5.15. The highest BCUT2D eigenvalue weighted by Gasteiger charge is 2.17. The van der Waals surface area contributed by atoms with Gasteiger partial charge < -0.3 is 20.1 Å². The molecule has 2 N–H and O–H groups in total. The van der Waals surface area contributed by atoms with Gasteiger partial charge >= 0.3 is 18.0 Å². The third-order valence-electron chi connectivity index (χ3n) is 3.13. The highest BCUT2D eigenvalue weighted by Crippen LogP contribution is 2.20. The molecule has 0 aliphatic heterocycles. The van der Waals surface area contributed by atoms with Gasteiger partial charge in [-0.2, -0.15) is 0 Å². The van der Waals surface area contributed by atoms with Gasteiger partial charge in [0.05, 0.1) is 31.0 Å². The fourth-order valence-corrected chi connectivity index (χ4v) is 1.99. The number of amides is 2. The monoisotopic (exact) mass is 328 g/mol. The molecule has 0 unspecified atom stereocenters. The van der Waals surface area contributed by atoms with E-state index in [4.69, 9.17) is 0 Å². The van der Waals surface area contributed by atoms with Crippen LogP contribution in [0.5, 0.6) is 0 Å². The fraction of sp³-hybridized carbons (Fsp3) is 0.118. The maximum atomic E-state index is 12.1. The minimum atomic E-state index is -0.638. The predicted molar refractivity (Wildman–Crippen MR) is 88.2 cm³/mol. The SMILES string of the molecule is COC(=O)c1ccc(C(=O)OC)c(NC(=O)Nc2ccccc2)c1. The van der Waals surface area contributed by atoms with Crippen molar-refractivity contribution in [2.45, 2.75) is 0 Å². The molecular weight excluding hydrogens is 312 g/mol. The van der Waals surface area contributed by atoms with Gasteiger partial charge in [-0.25, -0.2) is 14.4 Å². The van der Waals surface area contributed by atoms with Gasteiger partial charge in [-0.05, 0) is 30.3 Å². The van der Waals surface area contributed by atoms with E-state index in [-0.39, 0.29) is 16.8 Å². The number of carbonyl (C=O) groups is 3. The quantitative estimate of drug-likeness (QED) is 0.842. The number of methoxy groups -OCH3 is 2. The standard InChI is InChI=1S/C17H16N2O5/c1-23-15(20)11-8-9-13(16(21)24-2)14(10-11)19-17(22)18-12-6-4-3-5-7-12/h3-10H,1-2H3,(H2,18,19,22). The normalized spacial score (nSPS) is 9.75. The Morgan fingerprint density at radius 1 is 0.833 bits per heavy atom. The van der Waals surface area contributed by atoms with Crippen LogP contribution in [0.15, 0.2) is 48.5 Å². The minimum absolute atomic E-state index is 0.119. The van der Waals surface area contributed by atoms with E-state index in [9.17, 15) is 14.4 Å². The number of hydrogen-bond acceptors (Lipinski definition) is 5. The molecule has 7 nitrogen and oxygen atoms in total. The summed E-state index contributed by atoms with van der Waals surface area (Å²) in [6.45, 7) is 0. The summed E-state index contributed by atoms with van der Waals surface area (Å²) in [4.78, 5) is 35.5. The Balaban J connectivity index is 2.26. The Kier molecular flexibility index (Phi) is 5.51. The first-order chi connectivity index (χ1) is 11.5. The summed E-state index contributed by atoms with van der Waals surface area (Å²) in [6.07, 6.45) is 0. The predicted octanol–water partition coefficient (Wildman–Crippen LogP) is 2.90. The molecule has 0 saturated carbocycles. The molecule has 0 aliphatic carbocycles. The fourth-order valence-electron chi connectivity index (χ4n) is 1.99. The molecule has 0 atom stereocenters. The Labute approximate surface area is 138 Å². The van der Waals surface area contributed by atoms with Crippen molar-refractivity contribution in [1.82, 2.24) is 0 Å². The molecule has 0 aromatic heterocycles. The highest BCUT2D eigenvalue weighted by atomic mass is 16.5. The van der Waals surface area contributed by atoms with E-state index in [1.54, 1.807) is 24.3 Å². The molecule has 0 saturated heterocycles. The van der Waals surface area contributed by atoms with E-state index in [1.165, 1.54) is 32.4 Å². The van der Waals surface area contributed by atoms with Crippen LogP contribution in [0.1, 0.15) is 20.7 Å². The lowest BCUT2D eigenvalue weighted by atomic mass is 10.1. The number of nitrogens with one attached hydrogen (secondary N) is 2. The van der Waals surface area contributed by atoms with Crippen molar-refractivity contribution in [2.75, 3.05) is 24.9 Å². The summed E-state index contributed by atoms with van der Waals surface area (Å²) < 4.78 is 9.31. The molecular formula is C17H16N2O5. The van der Waals surface area contributed by atoms with Crippen LogP contribution in [-0.4, -0.2) is 32.2 Å². The van der Waals surface area contributed by atoms with Crippen LogP contribution in [0.25, 0.3) is 0 Å². The van der Waals surface area contributed by atoms with Crippen molar-refractivity contribution >= 4 is 29.3 Å². The summed E-state index contributed by atoms with van der Waals surface area (Å²) in [5.74, 6) is -1.22. The lowest BCUT2D eigenvalue weighted by Crippen LogP contribution is -2.21. The highest BCUT2D eigenvalue weighted by molar-refractivity contribution is 6.06. The van der Waals surface area contributed by atoms with E-state index < -0.39 is 18.0 Å². The zero-order valence-corrected chi connectivity index (χ0v) is 13.2. The average molecular weight is 328 g/mol. The third kappa shape index (κ3) is 4.10. The van der Waals surface area contributed by atoms with Gasteiger partial charge in [0, 0.05) is 5.69 Å². The molecule has 0 heterocycles. The number of para-hydroxylation sites is 1. The number of anilines is 2. The van der Waals surface area contributed by atoms with Crippen molar-refractivity contribution in [3.8, 4) is 0 Å². The molecule has 0 fully saturated rings. The average Bonchev–Trinajstić information content (AvgIpc) is 2.61. The molecule has 2 aromatic rings. The first-order valence-electron chi connectivity index (χ1n) is 6.99. The second kappa shape index (κ2) is 7.77. The van der Waals surface area contributed by atoms with Gasteiger partial charge in [-0.3, -0.25) is 0 Å². The Morgan fingerprint density at radius 2 is 1.50 bits per heavy atom. The topological polar surface area (TPSA) is 93.7 Å². The zero-order chi connectivity index (χ0) is 17.5. The molecule has 0 radical (unpaired) electrons. The van der Waals surface area contributed by atoms with E-state index in [1.807, 2.05) is 6.07 Å². The summed E-state index contributed by atoms with van der Waals surface area (Å²) in [6, 6.07) is 12.4. The van der Waals surface area contributed by atoms with Crippen LogP contribution in [0.3, 0.4) is 0 Å². The Hall–Kier alpha value is -3.35. The van der Waals surface area contributed by atoms with Crippen molar-refractivity contribution in [3.05, 3.63) is 59.7 Å². The van der Waals surface area contributed by atoms with E-state index in [0.717, 1.165) is 0 Å². The van der Waals surface area contributed by atoms with Crippen molar-refractivity contribution in [1.29, 1.82) is 0 Å². The number of carbonyl (C=O) groups excluding carboxylic acids is 3. The first kappa shape index (κ1) is 17.0. The van der Waals surface area contributed by atoms with Crippen LogP contribution in [-0.2, 0) is 9.47 Å². The summed E-state index contributed by atoms with van der Waals surface area (Å²) >= 11 is 0. The molecule has 124 valence electrons. The molecule has 2 aromatic carbocycles. The lowest BCUT2D eigenvalue weighted by molar-refractivity contribution is 0.0587. The van der Waals surface area contributed by atoms with Crippen LogP contribution in [0.2, 0.25) is 0 Å². The number of urea groups is 1. The molecule has 24 heavy (non-hydrogen) atoms. The maximum absolute atomic E-state index is 12.1. The third-order valence-corrected chi connectivity index (χ3v) is 3.13. The van der Waals surface area contributed by atoms with E-state index in [0.29, 0.717) is 5.69 Å². The molecule has 0 spiro atoms. The second-order valence-electron chi connectivity index (χ2n) is 4.69. The van der Waals surface area contributed by atoms with Gasteiger partial charge in [0.1, 0.15) is 0 Å². The van der Waals surface area contributed by atoms with E-state index in [2.05, 4.69) is 20.1 Å². The Bertz CT molecular complexity index is 759. The zero-order valence-electron chi connectivity index (χ0n) is 13.2. The number of esters is 2. The van der Waals surface area contributed by atoms with Crippen molar-refractivity contribution < 1.29 is 23.9 Å². The lowest BCUT2D eigenvalue weighted by Gasteiger charge is -2.12.